The molecule has 0 atom stereocenters. The summed E-state index contributed by atoms with van der Waals surface area (Å²) in [6, 6.07) is 83.1. The van der Waals surface area contributed by atoms with E-state index in [4.69, 9.17) is 4.99 Å². The Balaban J connectivity index is 0.844. The van der Waals surface area contributed by atoms with E-state index in [1.807, 2.05) is 17.9 Å². The zero-order chi connectivity index (χ0) is 44.0. The van der Waals surface area contributed by atoms with Crippen molar-refractivity contribution in [3.63, 3.8) is 0 Å². The predicted molar refractivity (Wildman–Crippen MR) is 276 cm³/mol. The maximum absolute atomic E-state index is 5.22. The minimum absolute atomic E-state index is 0.537. The van der Waals surface area contributed by atoms with Crippen molar-refractivity contribution >= 4 is 43.6 Å². The normalized spacial score (nSPS) is 11.9. The van der Waals surface area contributed by atoms with Gasteiger partial charge in [0.15, 0.2) is 5.49 Å². The second-order valence-electron chi connectivity index (χ2n) is 16.8. The Morgan fingerprint density at radius 3 is 1.35 bits per heavy atom. The van der Waals surface area contributed by atoms with Crippen LogP contribution in [0, 0.1) is 0 Å². The lowest BCUT2D eigenvalue weighted by Gasteiger charge is -2.12. The van der Waals surface area contributed by atoms with Gasteiger partial charge in [0.05, 0.1) is 28.6 Å². The number of para-hydroxylation sites is 3. The molecule has 0 bridgehead atoms. The summed E-state index contributed by atoms with van der Waals surface area (Å²) < 4.78 is 6.75. The number of aromatic nitrogens is 3. The number of hydrogen-bond donors (Lipinski definition) is 1. The Hall–Kier alpha value is -8.67. The van der Waals surface area contributed by atoms with E-state index in [0.29, 0.717) is 6.54 Å². The molecule has 3 heterocycles. The predicted octanol–water partition coefficient (Wildman–Crippen LogP) is 14.6. The van der Waals surface area contributed by atoms with E-state index >= 15 is 0 Å². The van der Waals surface area contributed by atoms with Crippen molar-refractivity contribution in [2.45, 2.75) is 6.54 Å². The number of fused-ring (bicyclic) bond motifs is 6. The van der Waals surface area contributed by atoms with E-state index in [-0.39, 0.29) is 0 Å². The van der Waals surface area contributed by atoms with Crippen LogP contribution in [0.15, 0.2) is 242 Å². The number of pyridine rings is 1. The van der Waals surface area contributed by atoms with Crippen LogP contribution in [-0.4, -0.2) is 20.9 Å². The summed E-state index contributed by atoms with van der Waals surface area (Å²) in [7, 11) is 1.93. The quantitative estimate of drug-likeness (QED) is 0.154. The molecule has 0 amide bonds. The molecule has 0 aliphatic rings. The van der Waals surface area contributed by atoms with Gasteiger partial charge >= 0.3 is 0 Å². The number of hydrogen-bond acceptors (Lipinski definition) is 2. The van der Waals surface area contributed by atoms with Crippen LogP contribution in [0.2, 0.25) is 0 Å². The monoisotopic (exact) mass is 847 g/mol. The third-order valence-corrected chi connectivity index (χ3v) is 13.0. The highest BCUT2D eigenvalue weighted by molar-refractivity contribution is 6.12. The molecule has 9 aromatic carbocycles. The smallest absolute Gasteiger partial charge is 0.154 e. The number of benzene rings is 9. The van der Waals surface area contributed by atoms with Gasteiger partial charge < -0.3 is 14.6 Å². The fraction of sp³-hybridized carbons (Fsp3) is 0.0328. The largest absolute Gasteiger partial charge is 0.328 e. The Kier molecular flexibility index (Phi) is 9.72. The van der Waals surface area contributed by atoms with Crippen LogP contribution in [0.5, 0.6) is 0 Å². The highest BCUT2D eigenvalue weighted by atomic mass is 15.4. The van der Waals surface area contributed by atoms with Gasteiger partial charge in [0, 0.05) is 51.7 Å². The zero-order valence-electron chi connectivity index (χ0n) is 36.5. The summed E-state index contributed by atoms with van der Waals surface area (Å²) in [5, 5.41) is 4.97. The van der Waals surface area contributed by atoms with Gasteiger partial charge in [-0.2, -0.15) is 0 Å². The SMILES string of the molecule is CNn1cccc(-c2ccc(-c3ccc(-c4ccccc4)cc3)cc2)c1=NCc1ccc(-n2c3ccccc3c3cc(-c4ccc5c(c4)c4ccccc4n5-c4ccccc4)ccc32)cc1. The molecule has 1 N–H and O–H groups in total. The molecule has 0 saturated heterocycles. The first-order valence-electron chi connectivity index (χ1n) is 22.6. The molecule has 5 heteroatoms. The summed E-state index contributed by atoms with van der Waals surface area (Å²) in [5.74, 6) is 0. The van der Waals surface area contributed by atoms with Crippen LogP contribution in [0.4, 0.5) is 0 Å². The molecule has 0 unspecified atom stereocenters. The van der Waals surface area contributed by atoms with Crippen LogP contribution in [-0.2, 0) is 6.54 Å². The summed E-state index contributed by atoms with van der Waals surface area (Å²) in [5.41, 5.74) is 21.8. The van der Waals surface area contributed by atoms with Gasteiger partial charge in [0.1, 0.15) is 0 Å². The molecule has 12 aromatic rings. The maximum Gasteiger partial charge on any atom is 0.154 e. The molecule has 0 radical (unpaired) electrons. The van der Waals surface area contributed by atoms with Crippen LogP contribution in [0.25, 0.3) is 99.5 Å². The zero-order valence-corrected chi connectivity index (χ0v) is 36.5. The van der Waals surface area contributed by atoms with Gasteiger partial charge in [-0.25, -0.2) is 4.68 Å². The molecule has 0 aliphatic carbocycles. The van der Waals surface area contributed by atoms with E-state index in [0.717, 1.165) is 27.9 Å². The van der Waals surface area contributed by atoms with Gasteiger partial charge in [-0.15, -0.1) is 0 Å². The first-order chi connectivity index (χ1) is 32.7. The maximum atomic E-state index is 5.22. The Labute approximate surface area is 383 Å². The standard InChI is InChI=1S/C61H45N5/c1-62-64-38-12-19-52(47-30-28-46(29-31-47)45-26-24-44(25-27-45)43-13-4-2-5-14-43)61(64)63-41-42-22-34-51(35-23-42)66-58-21-11-9-18-54(58)56-40-49(33-37-60(56)66)48-32-36-59-55(39-48)53-17-8-10-20-57(53)65(59)50-15-6-3-7-16-50/h2-40,62H,41H2,1H3. The van der Waals surface area contributed by atoms with Gasteiger partial charge in [0.2, 0.25) is 0 Å². The van der Waals surface area contributed by atoms with Crippen LogP contribution >= 0.6 is 0 Å². The molecule has 0 aliphatic heterocycles. The first kappa shape index (κ1) is 39.0. The van der Waals surface area contributed by atoms with Crippen LogP contribution < -0.4 is 10.9 Å². The average molecular weight is 848 g/mol. The second-order valence-corrected chi connectivity index (χ2v) is 16.8. The summed E-state index contributed by atoms with van der Waals surface area (Å²) in [4.78, 5) is 5.22. The summed E-state index contributed by atoms with van der Waals surface area (Å²) >= 11 is 0. The molecule has 3 aromatic heterocycles. The Bertz CT molecular complexity index is 3780. The molecule has 66 heavy (non-hydrogen) atoms. The van der Waals surface area contributed by atoms with E-state index in [1.54, 1.807) is 0 Å². The van der Waals surface area contributed by atoms with Crippen LogP contribution in [0.3, 0.4) is 0 Å². The topological polar surface area (TPSA) is 39.2 Å². The highest BCUT2D eigenvalue weighted by Gasteiger charge is 2.16. The molecule has 0 fully saturated rings. The van der Waals surface area contributed by atoms with Crippen molar-refractivity contribution in [1.29, 1.82) is 0 Å². The molecule has 12 rings (SSSR count). The fourth-order valence-electron chi connectivity index (χ4n) is 9.75. The highest BCUT2D eigenvalue weighted by Crippen LogP contribution is 2.38. The minimum atomic E-state index is 0.537. The third kappa shape index (κ3) is 6.86. The van der Waals surface area contributed by atoms with Crippen LogP contribution in [0.1, 0.15) is 5.56 Å². The fourth-order valence-corrected chi connectivity index (χ4v) is 9.75. The summed E-state index contributed by atoms with van der Waals surface area (Å²) in [6.45, 7) is 0.537. The van der Waals surface area contributed by atoms with Crippen molar-refractivity contribution in [1.82, 2.24) is 13.8 Å². The number of rotatable bonds is 9. The molecule has 0 saturated carbocycles. The van der Waals surface area contributed by atoms with E-state index in [2.05, 4.69) is 245 Å². The van der Waals surface area contributed by atoms with Crippen molar-refractivity contribution in [2.24, 2.45) is 4.99 Å². The molecule has 5 nitrogen and oxygen atoms in total. The van der Waals surface area contributed by atoms with Gasteiger partial charge in [0.25, 0.3) is 0 Å². The first-order valence-corrected chi connectivity index (χ1v) is 22.6. The molecule has 314 valence electrons. The van der Waals surface area contributed by atoms with Crippen molar-refractivity contribution in [3.05, 3.63) is 248 Å². The van der Waals surface area contributed by atoms with Gasteiger partial charge in [-0.1, -0.05) is 158 Å². The Morgan fingerprint density at radius 1 is 0.364 bits per heavy atom. The van der Waals surface area contributed by atoms with Gasteiger partial charge in [-0.3, -0.25) is 4.99 Å². The van der Waals surface area contributed by atoms with Crippen molar-refractivity contribution in [3.8, 4) is 55.9 Å². The molecular weight excluding hydrogens is 803 g/mol. The third-order valence-electron chi connectivity index (χ3n) is 13.0. The summed E-state index contributed by atoms with van der Waals surface area (Å²) in [6.07, 6.45) is 2.02. The minimum Gasteiger partial charge on any atom is -0.328 e. The molecular formula is C61H45N5. The van der Waals surface area contributed by atoms with E-state index in [1.165, 1.54) is 82.7 Å². The second kappa shape index (κ2) is 16.5. The number of nitrogens with zero attached hydrogens (tertiary/aromatic N) is 4. The molecule has 0 spiro atoms. The van der Waals surface area contributed by atoms with Crippen molar-refractivity contribution < 1.29 is 0 Å². The Morgan fingerprint density at radius 2 is 0.803 bits per heavy atom. The number of nitrogens with one attached hydrogen (secondary N) is 1. The van der Waals surface area contributed by atoms with E-state index < -0.39 is 0 Å². The lowest BCUT2D eigenvalue weighted by molar-refractivity contribution is 0.815. The van der Waals surface area contributed by atoms with Crippen molar-refractivity contribution in [2.75, 3.05) is 12.5 Å². The lowest BCUT2D eigenvalue weighted by Crippen LogP contribution is -2.28. The van der Waals surface area contributed by atoms with E-state index in [9.17, 15) is 0 Å². The average Bonchev–Trinajstić information content (AvgIpc) is 3.91. The van der Waals surface area contributed by atoms with Gasteiger partial charge in [-0.05, 0) is 117 Å². The lowest BCUT2D eigenvalue weighted by atomic mass is 9.98.